The minimum absolute atomic E-state index is 0.0159. The fraction of sp³-hybridized carbons (Fsp3) is 0.545. The summed E-state index contributed by atoms with van der Waals surface area (Å²) in [6.45, 7) is 1.95. The molecule has 1 saturated carbocycles. The van der Waals surface area contributed by atoms with Gasteiger partial charge in [0.2, 0.25) is 0 Å². The first-order valence-electron chi connectivity index (χ1n) is 9.87. The van der Waals surface area contributed by atoms with Gasteiger partial charge in [-0.05, 0) is 49.5 Å². The molecule has 29 heavy (non-hydrogen) atoms. The van der Waals surface area contributed by atoms with E-state index < -0.39 is 11.8 Å². The maximum Gasteiger partial charge on any atom is 0.328 e. The lowest BCUT2D eigenvalue weighted by molar-refractivity contribution is -0.250. The van der Waals surface area contributed by atoms with Crippen molar-refractivity contribution < 1.29 is 33.6 Å². The summed E-state index contributed by atoms with van der Waals surface area (Å²) in [4.78, 5) is 23.0. The molecular weight excluding hydrogens is 376 g/mol. The van der Waals surface area contributed by atoms with Crippen LogP contribution in [0.1, 0.15) is 26.2 Å². The zero-order valence-electron chi connectivity index (χ0n) is 16.8. The van der Waals surface area contributed by atoms with Crippen LogP contribution in [0.15, 0.2) is 47.3 Å². The van der Waals surface area contributed by atoms with Crippen LogP contribution in [0.25, 0.3) is 0 Å². The maximum atomic E-state index is 12.3. The van der Waals surface area contributed by atoms with E-state index in [1.165, 1.54) is 13.2 Å². The average Bonchev–Trinajstić information content (AvgIpc) is 3.43. The molecule has 156 valence electrons. The first kappa shape index (κ1) is 20.1. The fourth-order valence-corrected chi connectivity index (χ4v) is 4.98. The summed E-state index contributed by atoms with van der Waals surface area (Å²) in [5.74, 6) is -1.23. The number of ketones is 1. The monoisotopic (exact) mass is 402 g/mol. The molecular formula is C22H26O7. The number of methoxy groups -OCH3 is 2. The number of epoxide rings is 1. The Morgan fingerprint density at radius 1 is 1.31 bits per heavy atom. The van der Waals surface area contributed by atoms with E-state index in [-0.39, 0.29) is 35.9 Å². The predicted octanol–water partition coefficient (Wildman–Crippen LogP) is 2.54. The second-order valence-electron chi connectivity index (χ2n) is 7.99. The zero-order chi connectivity index (χ0) is 20.8. The second-order valence-corrected chi connectivity index (χ2v) is 7.99. The number of hydrogen-bond acceptors (Lipinski definition) is 6. The normalized spacial score (nSPS) is 38.9. The van der Waals surface area contributed by atoms with Crippen LogP contribution in [0, 0.1) is 11.8 Å². The number of rotatable bonds is 6. The molecule has 1 N–H and O–H groups in total. The van der Waals surface area contributed by atoms with Crippen molar-refractivity contribution in [3.63, 3.8) is 0 Å². The minimum Gasteiger partial charge on any atom is -0.497 e. The van der Waals surface area contributed by atoms with Gasteiger partial charge >= 0.3 is 5.97 Å². The molecule has 0 aromatic carbocycles. The number of carboxylic acids is 1. The number of allylic oxidation sites excluding steroid dienone is 4. The minimum atomic E-state index is -1.03. The first-order valence-corrected chi connectivity index (χ1v) is 9.87. The van der Waals surface area contributed by atoms with E-state index in [1.807, 2.05) is 6.92 Å². The Morgan fingerprint density at radius 3 is 2.79 bits per heavy atom. The number of hydrogen-bond donors (Lipinski definition) is 1. The van der Waals surface area contributed by atoms with Crippen LogP contribution in [0.3, 0.4) is 0 Å². The van der Waals surface area contributed by atoms with Gasteiger partial charge in [0.25, 0.3) is 0 Å². The quantitative estimate of drug-likeness (QED) is 0.316. The number of carbonyl (C=O) groups is 2. The van der Waals surface area contributed by atoms with Crippen LogP contribution >= 0.6 is 0 Å². The second kappa shape index (κ2) is 7.55. The van der Waals surface area contributed by atoms with Crippen molar-refractivity contribution >= 4 is 11.8 Å². The summed E-state index contributed by atoms with van der Waals surface area (Å²) < 4.78 is 23.1. The molecule has 0 aromatic rings. The van der Waals surface area contributed by atoms with Gasteiger partial charge in [-0.1, -0.05) is 11.6 Å². The summed E-state index contributed by atoms with van der Waals surface area (Å²) in [5.41, 5.74) is 1.92. The Kier molecular flexibility index (Phi) is 5.23. The van der Waals surface area contributed by atoms with E-state index in [9.17, 15) is 9.59 Å². The summed E-state index contributed by atoms with van der Waals surface area (Å²) in [6.07, 6.45) is 10.0. The van der Waals surface area contributed by atoms with E-state index in [4.69, 9.17) is 24.1 Å². The number of ether oxygens (including phenoxy) is 4. The Labute approximate surface area is 169 Å². The highest BCUT2D eigenvalue weighted by Gasteiger charge is 2.65. The first-order chi connectivity index (χ1) is 13.9. The molecule has 6 unspecified atom stereocenters. The van der Waals surface area contributed by atoms with Gasteiger partial charge in [0.15, 0.2) is 11.6 Å². The molecule has 3 fully saturated rings. The van der Waals surface area contributed by atoms with E-state index >= 15 is 0 Å². The van der Waals surface area contributed by atoms with E-state index in [2.05, 4.69) is 6.08 Å². The molecule has 2 aliphatic heterocycles. The van der Waals surface area contributed by atoms with Crippen LogP contribution in [0.5, 0.6) is 0 Å². The van der Waals surface area contributed by atoms with Gasteiger partial charge in [-0.15, -0.1) is 0 Å². The molecule has 0 amide bonds. The molecule has 7 nitrogen and oxygen atoms in total. The predicted molar refractivity (Wildman–Crippen MR) is 103 cm³/mol. The molecule has 0 spiro atoms. The van der Waals surface area contributed by atoms with Crippen LogP contribution < -0.4 is 0 Å². The third-order valence-corrected chi connectivity index (χ3v) is 6.21. The SMILES string of the molecule is COC(C=CC(=O)O)=CC(C)=CC1CCCC2(OC)OC3C(=CC(=O)C4OC43)C12. The van der Waals surface area contributed by atoms with Crippen LogP contribution in [-0.2, 0) is 28.5 Å². The molecule has 4 aliphatic rings. The van der Waals surface area contributed by atoms with Gasteiger partial charge in [-0.25, -0.2) is 4.79 Å². The van der Waals surface area contributed by atoms with Gasteiger partial charge in [-0.2, -0.15) is 0 Å². The van der Waals surface area contributed by atoms with E-state index in [1.54, 1.807) is 19.3 Å². The Balaban J connectivity index is 1.64. The number of carboxylic acid groups (broad SMARTS) is 1. The number of aliphatic carboxylic acids is 1. The highest BCUT2D eigenvalue weighted by atomic mass is 16.7. The summed E-state index contributed by atoms with van der Waals surface area (Å²) in [6, 6.07) is 0. The Bertz CT molecular complexity index is 836. The molecule has 2 aliphatic carbocycles. The lowest BCUT2D eigenvalue weighted by atomic mass is 9.70. The molecule has 4 rings (SSSR count). The van der Waals surface area contributed by atoms with Crippen molar-refractivity contribution in [2.45, 2.75) is 50.3 Å². The van der Waals surface area contributed by atoms with Crippen LogP contribution in [0.2, 0.25) is 0 Å². The molecule has 2 saturated heterocycles. The summed E-state index contributed by atoms with van der Waals surface area (Å²) in [5, 5.41) is 8.81. The van der Waals surface area contributed by atoms with Crippen molar-refractivity contribution in [1.82, 2.24) is 0 Å². The van der Waals surface area contributed by atoms with Gasteiger partial charge in [0, 0.05) is 25.5 Å². The molecule has 0 radical (unpaired) electrons. The summed E-state index contributed by atoms with van der Waals surface area (Å²) >= 11 is 0. The maximum absolute atomic E-state index is 12.3. The van der Waals surface area contributed by atoms with Crippen molar-refractivity contribution in [2.24, 2.45) is 11.8 Å². The zero-order valence-corrected chi connectivity index (χ0v) is 16.8. The smallest absolute Gasteiger partial charge is 0.328 e. The lowest BCUT2D eigenvalue weighted by Gasteiger charge is -2.41. The van der Waals surface area contributed by atoms with Gasteiger partial charge in [0.1, 0.15) is 24.1 Å². The van der Waals surface area contributed by atoms with Gasteiger partial charge in [0.05, 0.1) is 7.11 Å². The Morgan fingerprint density at radius 2 is 2.10 bits per heavy atom. The van der Waals surface area contributed by atoms with Crippen molar-refractivity contribution in [1.29, 1.82) is 0 Å². The lowest BCUT2D eigenvalue weighted by Crippen LogP contribution is -2.44. The van der Waals surface area contributed by atoms with Crippen LogP contribution in [0.4, 0.5) is 0 Å². The number of fused-ring (bicyclic) bond motifs is 5. The number of carbonyl (C=O) groups excluding carboxylic acids is 1. The highest BCUT2D eigenvalue weighted by molar-refractivity contribution is 5.98. The molecule has 2 heterocycles. The summed E-state index contributed by atoms with van der Waals surface area (Å²) in [7, 11) is 3.16. The van der Waals surface area contributed by atoms with Crippen LogP contribution in [-0.4, -0.2) is 55.2 Å². The topological polar surface area (TPSA) is 94.6 Å². The van der Waals surface area contributed by atoms with Gasteiger partial charge in [-0.3, -0.25) is 4.79 Å². The molecule has 6 atom stereocenters. The molecule has 0 aromatic heterocycles. The molecule has 0 bridgehead atoms. The molecule has 7 heteroatoms. The fourth-order valence-electron chi connectivity index (χ4n) is 4.98. The van der Waals surface area contributed by atoms with E-state index in [0.29, 0.717) is 5.76 Å². The largest absolute Gasteiger partial charge is 0.497 e. The third kappa shape index (κ3) is 3.58. The third-order valence-electron chi connectivity index (χ3n) is 6.21. The van der Waals surface area contributed by atoms with Crippen molar-refractivity contribution in [3.8, 4) is 0 Å². The standard InChI is InChI=1S/C22H26O7/c1-12(10-14(26-2)6-7-17(24)25)9-13-5-4-8-22(27-3)18(13)15-11-16(23)20-21(28-20)19(15)29-22/h6-7,9-11,13,18-21H,4-5,8H2,1-3H3,(H,24,25). The average molecular weight is 402 g/mol. The van der Waals surface area contributed by atoms with E-state index in [0.717, 1.165) is 36.5 Å². The van der Waals surface area contributed by atoms with Crippen molar-refractivity contribution in [2.75, 3.05) is 14.2 Å². The highest BCUT2D eigenvalue weighted by Crippen LogP contribution is 2.57. The van der Waals surface area contributed by atoms with Gasteiger partial charge < -0.3 is 24.1 Å². The van der Waals surface area contributed by atoms with Crippen molar-refractivity contribution in [3.05, 3.63) is 47.3 Å². The Hall–Kier alpha value is -2.22.